The first kappa shape index (κ1) is 21.6. The van der Waals surface area contributed by atoms with Crippen molar-refractivity contribution >= 4 is 17.9 Å². The Morgan fingerprint density at radius 1 is 1.00 bits per heavy atom. The smallest absolute Gasteiger partial charge is 0.412 e. The number of nitrogens with one attached hydrogen (secondary N) is 2. The molecule has 0 saturated carbocycles. The molecule has 2 atom stereocenters. The van der Waals surface area contributed by atoms with Crippen molar-refractivity contribution in [2.75, 3.05) is 32.7 Å². The van der Waals surface area contributed by atoms with Crippen LogP contribution in [0, 0.1) is 11.8 Å². The van der Waals surface area contributed by atoms with Gasteiger partial charge in [-0.15, -0.1) is 0 Å². The fourth-order valence-corrected chi connectivity index (χ4v) is 5.91. The molecule has 174 valence electrons. The number of ether oxygens (including phenoxy) is 1. The number of piperidine rings is 3. The van der Waals surface area contributed by atoms with Crippen LogP contribution in [0.15, 0.2) is 23.5 Å². The van der Waals surface area contributed by atoms with Crippen LogP contribution in [0.3, 0.4) is 0 Å². The molecule has 0 bridgehead atoms. The van der Waals surface area contributed by atoms with Crippen LogP contribution in [0.1, 0.15) is 51.4 Å². The van der Waals surface area contributed by atoms with Gasteiger partial charge in [-0.2, -0.15) is 0 Å². The number of hydrogen-bond donors (Lipinski definition) is 2. The van der Waals surface area contributed by atoms with Gasteiger partial charge in [0.25, 0.3) is 0 Å². The van der Waals surface area contributed by atoms with Crippen LogP contribution in [-0.2, 0) is 14.3 Å². The van der Waals surface area contributed by atoms with E-state index in [9.17, 15) is 14.4 Å². The molecule has 0 aromatic carbocycles. The number of allylic oxidation sites excluding steroid dienone is 2. The van der Waals surface area contributed by atoms with E-state index in [1.54, 1.807) is 0 Å². The van der Waals surface area contributed by atoms with Crippen LogP contribution in [-0.4, -0.2) is 72.5 Å². The summed E-state index contributed by atoms with van der Waals surface area (Å²) in [7, 11) is 0. The second-order valence-electron chi connectivity index (χ2n) is 9.84. The lowest BCUT2D eigenvalue weighted by atomic mass is 9.84. The first-order chi connectivity index (χ1) is 15.6. The molecule has 5 aliphatic rings. The molecule has 1 aliphatic carbocycles. The Balaban J connectivity index is 1.14. The highest BCUT2D eigenvalue weighted by atomic mass is 16.6. The minimum Gasteiger partial charge on any atom is -0.412 e. The molecule has 5 rings (SSSR count). The summed E-state index contributed by atoms with van der Waals surface area (Å²) in [5.41, 5.74) is 1.27. The molecule has 32 heavy (non-hydrogen) atoms. The van der Waals surface area contributed by atoms with Crippen LogP contribution in [0.2, 0.25) is 0 Å². The molecular formula is C24H34N4O4. The molecule has 4 fully saturated rings. The third-order valence-corrected chi connectivity index (χ3v) is 7.88. The Hall–Kier alpha value is -2.19. The number of carbonyl (C=O) groups is 3. The Kier molecular flexibility index (Phi) is 6.33. The van der Waals surface area contributed by atoms with Gasteiger partial charge in [0.05, 0.1) is 6.04 Å². The molecule has 0 aromatic heterocycles. The Bertz CT molecular complexity index is 824. The average molecular weight is 443 g/mol. The number of likely N-dealkylation sites (tertiary alicyclic amines) is 1. The number of rotatable bonds is 5. The van der Waals surface area contributed by atoms with Gasteiger partial charge < -0.3 is 15.0 Å². The average Bonchev–Trinajstić information content (AvgIpc) is 3.13. The molecule has 4 aliphatic heterocycles. The van der Waals surface area contributed by atoms with Gasteiger partial charge >= 0.3 is 6.09 Å². The minimum atomic E-state index is -0.630. The van der Waals surface area contributed by atoms with Gasteiger partial charge in [0.1, 0.15) is 11.8 Å². The number of amides is 3. The number of fused-ring (bicyclic) bond motifs is 1. The van der Waals surface area contributed by atoms with E-state index in [0.717, 1.165) is 31.8 Å². The van der Waals surface area contributed by atoms with Gasteiger partial charge in [0, 0.05) is 6.42 Å². The monoisotopic (exact) mass is 442 g/mol. The Morgan fingerprint density at radius 2 is 1.78 bits per heavy atom. The highest BCUT2D eigenvalue weighted by Crippen LogP contribution is 2.37. The largest absolute Gasteiger partial charge is 0.416 e. The van der Waals surface area contributed by atoms with Crippen molar-refractivity contribution in [1.29, 1.82) is 0 Å². The molecule has 0 aromatic rings. The van der Waals surface area contributed by atoms with E-state index in [2.05, 4.69) is 21.6 Å². The summed E-state index contributed by atoms with van der Waals surface area (Å²) in [6.07, 6.45) is 11.3. The van der Waals surface area contributed by atoms with Crippen LogP contribution >= 0.6 is 0 Å². The molecule has 3 amide bonds. The quantitative estimate of drug-likeness (QED) is 0.633. The van der Waals surface area contributed by atoms with E-state index in [1.807, 2.05) is 6.08 Å². The summed E-state index contributed by atoms with van der Waals surface area (Å²) < 4.78 is 5.58. The summed E-state index contributed by atoms with van der Waals surface area (Å²) in [4.78, 5) is 40.5. The Morgan fingerprint density at radius 3 is 2.53 bits per heavy atom. The van der Waals surface area contributed by atoms with Crippen LogP contribution in [0.4, 0.5) is 4.79 Å². The fraction of sp³-hybridized carbons (Fsp3) is 0.708. The van der Waals surface area contributed by atoms with Crippen LogP contribution < -0.4 is 10.6 Å². The summed E-state index contributed by atoms with van der Waals surface area (Å²) in [6, 6.07) is -0.866. The van der Waals surface area contributed by atoms with Gasteiger partial charge in [-0.05, 0) is 101 Å². The lowest BCUT2D eigenvalue weighted by molar-refractivity contribution is -0.137. The van der Waals surface area contributed by atoms with Gasteiger partial charge in [-0.1, -0.05) is 6.08 Å². The number of nitrogens with zero attached hydrogens (tertiary/aromatic N) is 2. The second kappa shape index (κ2) is 9.35. The topological polar surface area (TPSA) is 91.0 Å². The molecule has 2 unspecified atom stereocenters. The van der Waals surface area contributed by atoms with E-state index in [0.29, 0.717) is 24.5 Å². The van der Waals surface area contributed by atoms with Crippen LogP contribution in [0.5, 0.6) is 0 Å². The standard InChI is InChI=1S/C24H34N4O4/c29-22-4-3-20(23(30)26-22)28-19-2-1-18(15-21(19)32-24(28)31)17-8-13-27(14-9-17)12-7-16-5-10-25-11-6-16/h1,15-17,19-20,25H,2-14H2,(H,26,29,30). The predicted molar refractivity (Wildman–Crippen MR) is 118 cm³/mol. The Labute approximate surface area is 189 Å². The van der Waals surface area contributed by atoms with E-state index in [-0.39, 0.29) is 18.4 Å². The van der Waals surface area contributed by atoms with Crippen molar-refractivity contribution in [2.45, 2.75) is 63.5 Å². The first-order valence-electron chi connectivity index (χ1n) is 12.3. The fourth-order valence-electron chi connectivity index (χ4n) is 5.91. The molecule has 0 radical (unpaired) electrons. The summed E-state index contributed by atoms with van der Waals surface area (Å²) in [5.74, 6) is 1.36. The van der Waals surface area contributed by atoms with Crippen molar-refractivity contribution in [2.24, 2.45) is 11.8 Å². The molecule has 8 heteroatoms. The zero-order valence-electron chi connectivity index (χ0n) is 18.7. The lowest BCUT2D eigenvalue weighted by Crippen LogP contribution is -2.55. The van der Waals surface area contributed by atoms with E-state index in [1.165, 1.54) is 49.4 Å². The van der Waals surface area contributed by atoms with Crippen molar-refractivity contribution in [1.82, 2.24) is 20.4 Å². The molecule has 0 spiro atoms. The second-order valence-corrected chi connectivity index (χ2v) is 9.84. The predicted octanol–water partition coefficient (Wildman–Crippen LogP) is 1.93. The number of carbonyl (C=O) groups excluding carboxylic acids is 3. The summed E-state index contributed by atoms with van der Waals surface area (Å²) >= 11 is 0. The minimum absolute atomic E-state index is 0.236. The van der Waals surface area contributed by atoms with Gasteiger partial charge in [0.2, 0.25) is 11.8 Å². The number of hydrogen-bond acceptors (Lipinski definition) is 6. The SMILES string of the molecule is O=C1CCC(N2C(=O)OC3=CC(C4CCN(CCC5CCNCC5)CC4)=CCC32)C(=O)N1. The molecular weight excluding hydrogens is 408 g/mol. The molecule has 4 saturated heterocycles. The maximum Gasteiger partial charge on any atom is 0.416 e. The maximum atomic E-state index is 12.6. The molecule has 2 N–H and O–H groups in total. The maximum absolute atomic E-state index is 12.6. The van der Waals surface area contributed by atoms with E-state index >= 15 is 0 Å². The third-order valence-electron chi connectivity index (χ3n) is 7.88. The van der Waals surface area contributed by atoms with Crippen molar-refractivity contribution in [3.05, 3.63) is 23.5 Å². The first-order valence-corrected chi connectivity index (χ1v) is 12.3. The van der Waals surface area contributed by atoms with Gasteiger partial charge in [0.15, 0.2) is 0 Å². The van der Waals surface area contributed by atoms with Crippen molar-refractivity contribution < 1.29 is 19.1 Å². The van der Waals surface area contributed by atoms with Crippen molar-refractivity contribution in [3.63, 3.8) is 0 Å². The summed E-state index contributed by atoms with van der Waals surface area (Å²) in [5, 5.41) is 5.79. The van der Waals surface area contributed by atoms with Crippen LogP contribution in [0.25, 0.3) is 0 Å². The van der Waals surface area contributed by atoms with E-state index in [4.69, 9.17) is 4.74 Å². The summed E-state index contributed by atoms with van der Waals surface area (Å²) in [6.45, 7) is 5.80. The highest BCUT2D eigenvalue weighted by molar-refractivity contribution is 6.01. The zero-order chi connectivity index (χ0) is 22.1. The number of imide groups is 1. The lowest BCUT2D eigenvalue weighted by Gasteiger charge is -2.35. The molecule has 8 nitrogen and oxygen atoms in total. The highest BCUT2D eigenvalue weighted by Gasteiger charge is 2.46. The normalized spacial score (nSPS) is 30.5. The van der Waals surface area contributed by atoms with Crippen molar-refractivity contribution in [3.8, 4) is 0 Å². The zero-order valence-corrected chi connectivity index (χ0v) is 18.7. The van der Waals surface area contributed by atoms with E-state index < -0.39 is 18.0 Å². The van der Waals surface area contributed by atoms with Gasteiger partial charge in [-0.25, -0.2) is 4.79 Å². The van der Waals surface area contributed by atoms with Gasteiger partial charge in [-0.3, -0.25) is 19.8 Å². The molecule has 4 heterocycles. The third kappa shape index (κ3) is 4.48.